The summed E-state index contributed by atoms with van der Waals surface area (Å²) in [6, 6.07) is 14.3. The molecule has 2 aliphatic heterocycles. The zero-order chi connectivity index (χ0) is 25.1. The summed E-state index contributed by atoms with van der Waals surface area (Å²) >= 11 is 0. The van der Waals surface area contributed by atoms with Crippen LogP contribution in [0.15, 0.2) is 54.6 Å². The predicted octanol–water partition coefficient (Wildman–Crippen LogP) is 2.35. The van der Waals surface area contributed by atoms with Crippen LogP contribution < -0.4 is 10.2 Å². The molecule has 3 atom stereocenters. The van der Waals surface area contributed by atoms with Gasteiger partial charge in [0.05, 0.1) is 12.6 Å². The number of amides is 3. The summed E-state index contributed by atoms with van der Waals surface area (Å²) < 4.78 is 0. The van der Waals surface area contributed by atoms with Crippen molar-refractivity contribution in [1.82, 2.24) is 15.1 Å². The number of nitrogens with one attached hydrogen (secondary N) is 1. The molecule has 0 aromatic heterocycles. The van der Waals surface area contributed by atoms with E-state index in [-0.39, 0.29) is 36.1 Å². The van der Waals surface area contributed by atoms with E-state index in [0.29, 0.717) is 36.9 Å². The average molecular weight is 477 g/mol. The second kappa shape index (κ2) is 10.3. The van der Waals surface area contributed by atoms with Crippen LogP contribution >= 0.6 is 0 Å². The number of Topliss-reactive ketones (excluding diaryl/α,β-unsaturated/α-hetero) is 1. The van der Waals surface area contributed by atoms with Gasteiger partial charge < -0.3 is 20.0 Å². The summed E-state index contributed by atoms with van der Waals surface area (Å²) in [4.78, 5) is 57.5. The van der Waals surface area contributed by atoms with E-state index in [4.69, 9.17) is 0 Å². The van der Waals surface area contributed by atoms with Crippen LogP contribution in [0.5, 0.6) is 0 Å². The molecule has 0 bridgehead atoms. The molecule has 2 heterocycles. The lowest BCUT2D eigenvalue weighted by molar-refractivity contribution is -0.138. The number of benzene rings is 2. The number of nitrogens with zero attached hydrogens (tertiary/aromatic N) is 3. The predicted molar refractivity (Wildman–Crippen MR) is 133 cm³/mol. The minimum atomic E-state index is -0.730. The van der Waals surface area contributed by atoms with Crippen LogP contribution in [0.1, 0.15) is 46.9 Å². The van der Waals surface area contributed by atoms with Crippen molar-refractivity contribution in [3.05, 3.63) is 65.7 Å². The molecule has 3 amide bonds. The highest BCUT2D eigenvalue weighted by atomic mass is 16.2. The summed E-state index contributed by atoms with van der Waals surface area (Å²) in [7, 11) is 3.85. The van der Waals surface area contributed by atoms with Crippen LogP contribution in [-0.4, -0.2) is 78.6 Å². The van der Waals surface area contributed by atoms with E-state index in [1.807, 2.05) is 44.1 Å². The lowest BCUT2D eigenvalue weighted by Gasteiger charge is -2.28. The Bertz CT molecular complexity index is 1100. The van der Waals surface area contributed by atoms with Crippen LogP contribution in [0.4, 0.5) is 5.69 Å². The summed E-state index contributed by atoms with van der Waals surface area (Å²) in [5, 5.41) is 2.88. The maximum absolute atomic E-state index is 13.5. The van der Waals surface area contributed by atoms with Gasteiger partial charge in [-0.25, -0.2) is 0 Å². The summed E-state index contributed by atoms with van der Waals surface area (Å²) in [5.74, 6) is -0.914. The Kier molecular flexibility index (Phi) is 7.19. The molecule has 0 saturated carbocycles. The van der Waals surface area contributed by atoms with E-state index in [1.54, 1.807) is 46.2 Å². The quantitative estimate of drug-likeness (QED) is 0.663. The molecule has 35 heavy (non-hydrogen) atoms. The lowest BCUT2D eigenvalue weighted by Crippen LogP contribution is -2.52. The number of hydrogen-bond donors (Lipinski definition) is 1. The minimum absolute atomic E-state index is 0.00410. The van der Waals surface area contributed by atoms with Gasteiger partial charge in [0.15, 0.2) is 5.78 Å². The number of anilines is 1. The van der Waals surface area contributed by atoms with Gasteiger partial charge in [-0.05, 0) is 49.2 Å². The Morgan fingerprint density at radius 3 is 2.31 bits per heavy atom. The van der Waals surface area contributed by atoms with Crippen LogP contribution in [0.3, 0.4) is 0 Å². The van der Waals surface area contributed by atoms with Gasteiger partial charge in [0.2, 0.25) is 5.91 Å². The van der Waals surface area contributed by atoms with Gasteiger partial charge in [0.1, 0.15) is 12.1 Å². The summed E-state index contributed by atoms with van der Waals surface area (Å²) in [6.07, 6.45) is 1.71. The van der Waals surface area contributed by atoms with Gasteiger partial charge in [-0.3, -0.25) is 19.2 Å². The molecular formula is C27H32N4O4. The van der Waals surface area contributed by atoms with Crippen molar-refractivity contribution >= 4 is 29.2 Å². The minimum Gasteiger partial charge on any atom is -0.378 e. The maximum Gasteiger partial charge on any atom is 0.254 e. The smallest absolute Gasteiger partial charge is 0.254 e. The number of likely N-dealkylation sites (tertiary alicyclic amines) is 2. The summed E-state index contributed by atoms with van der Waals surface area (Å²) in [6.45, 7) is 2.33. The third kappa shape index (κ3) is 4.92. The van der Waals surface area contributed by atoms with Crippen molar-refractivity contribution in [3.63, 3.8) is 0 Å². The lowest BCUT2D eigenvalue weighted by atomic mass is 10.1. The number of fused-ring (bicyclic) bond motifs is 1. The average Bonchev–Trinajstić information content (AvgIpc) is 3.44. The molecule has 2 fully saturated rings. The first kappa shape index (κ1) is 24.4. The Balaban J connectivity index is 1.47. The highest BCUT2D eigenvalue weighted by Crippen LogP contribution is 2.31. The first-order valence-electron chi connectivity index (χ1n) is 12.1. The number of rotatable bonds is 7. The molecule has 1 N–H and O–H groups in total. The van der Waals surface area contributed by atoms with E-state index in [2.05, 4.69) is 5.32 Å². The molecule has 2 saturated heterocycles. The number of carbonyl (C=O) groups is 4. The number of hydrogen-bond acceptors (Lipinski definition) is 5. The largest absolute Gasteiger partial charge is 0.378 e. The number of carbonyl (C=O) groups excluding carboxylic acids is 4. The van der Waals surface area contributed by atoms with Gasteiger partial charge in [-0.1, -0.05) is 31.5 Å². The Morgan fingerprint density at radius 2 is 1.69 bits per heavy atom. The van der Waals surface area contributed by atoms with Gasteiger partial charge in [-0.15, -0.1) is 0 Å². The highest BCUT2D eigenvalue weighted by molar-refractivity contribution is 6.03. The molecule has 2 aromatic rings. The normalized spacial score (nSPS) is 19.9. The van der Waals surface area contributed by atoms with E-state index in [1.165, 1.54) is 0 Å². The second-order valence-electron chi connectivity index (χ2n) is 9.35. The third-order valence-corrected chi connectivity index (χ3v) is 6.81. The van der Waals surface area contributed by atoms with Crippen LogP contribution in [0.2, 0.25) is 0 Å². The fraction of sp³-hybridized carbons (Fsp3) is 0.407. The standard InChI is InChI=1S/C27H32N4O4/c1-4-8-21(28-25(33)18-11-13-20(14-12-18)29(2)3)27(35)30-16-15-22-24(30)23(32)17-31(22)26(34)19-9-6-5-7-10-19/h5-7,9-14,21-22,24H,4,8,15-17H2,1-3H3,(H,28,33)/t21-,22+,24?/m0/s1. The van der Waals surface area contributed by atoms with Gasteiger partial charge >= 0.3 is 0 Å². The third-order valence-electron chi connectivity index (χ3n) is 6.81. The second-order valence-corrected chi connectivity index (χ2v) is 9.35. The molecule has 4 rings (SSSR count). The van der Waals surface area contributed by atoms with E-state index < -0.39 is 12.1 Å². The van der Waals surface area contributed by atoms with Gasteiger partial charge in [-0.2, -0.15) is 0 Å². The Morgan fingerprint density at radius 1 is 1.00 bits per heavy atom. The zero-order valence-corrected chi connectivity index (χ0v) is 20.4. The molecule has 1 unspecified atom stereocenters. The van der Waals surface area contributed by atoms with Crippen molar-refractivity contribution in [2.45, 2.75) is 44.3 Å². The Hall–Kier alpha value is -3.68. The molecular weight excluding hydrogens is 444 g/mol. The Labute approximate surface area is 205 Å². The molecule has 0 aliphatic carbocycles. The van der Waals surface area contributed by atoms with Crippen LogP contribution in [0.25, 0.3) is 0 Å². The van der Waals surface area contributed by atoms with Crippen molar-refractivity contribution in [2.75, 3.05) is 32.1 Å². The van der Waals surface area contributed by atoms with Crippen molar-refractivity contribution in [2.24, 2.45) is 0 Å². The topological polar surface area (TPSA) is 90.0 Å². The molecule has 0 spiro atoms. The first-order valence-corrected chi connectivity index (χ1v) is 12.1. The summed E-state index contributed by atoms with van der Waals surface area (Å²) in [5.41, 5.74) is 1.97. The number of ketones is 1. The van der Waals surface area contributed by atoms with E-state index in [9.17, 15) is 19.2 Å². The van der Waals surface area contributed by atoms with Crippen LogP contribution in [0, 0.1) is 0 Å². The molecule has 8 nitrogen and oxygen atoms in total. The van der Waals surface area contributed by atoms with Crippen molar-refractivity contribution in [3.8, 4) is 0 Å². The van der Waals surface area contributed by atoms with Gasteiger partial charge in [0, 0.05) is 37.5 Å². The highest BCUT2D eigenvalue weighted by Gasteiger charge is 2.52. The van der Waals surface area contributed by atoms with E-state index >= 15 is 0 Å². The molecule has 2 aliphatic rings. The fourth-order valence-electron chi connectivity index (χ4n) is 4.98. The van der Waals surface area contributed by atoms with E-state index in [0.717, 1.165) is 5.69 Å². The van der Waals surface area contributed by atoms with Crippen molar-refractivity contribution in [1.29, 1.82) is 0 Å². The zero-order valence-electron chi connectivity index (χ0n) is 20.4. The molecule has 8 heteroatoms. The molecule has 184 valence electrons. The monoisotopic (exact) mass is 476 g/mol. The van der Waals surface area contributed by atoms with Gasteiger partial charge in [0.25, 0.3) is 11.8 Å². The maximum atomic E-state index is 13.5. The first-order chi connectivity index (χ1) is 16.8. The SMILES string of the molecule is CCC[C@H](NC(=O)c1ccc(N(C)C)cc1)C(=O)N1CC[C@@H]2C1C(=O)CN2C(=O)c1ccccc1. The fourth-order valence-corrected chi connectivity index (χ4v) is 4.98. The molecule has 0 radical (unpaired) electrons. The van der Waals surface area contributed by atoms with Crippen LogP contribution in [-0.2, 0) is 9.59 Å². The van der Waals surface area contributed by atoms with Crippen molar-refractivity contribution < 1.29 is 19.2 Å². The molecule has 2 aromatic carbocycles.